The summed E-state index contributed by atoms with van der Waals surface area (Å²) >= 11 is 0. The Bertz CT molecular complexity index is 934. The highest BCUT2D eigenvalue weighted by molar-refractivity contribution is 5.99. The Hall–Kier alpha value is -3.61. The van der Waals surface area contributed by atoms with E-state index in [0.717, 1.165) is 5.69 Å². The van der Waals surface area contributed by atoms with Crippen LogP contribution in [0.3, 0.4) is 0 Å². The third-order valence-electron chi connectivity index (χ3n) is 3.91. The van der Waals surface area contributed by atoms with Gasteiger partial charge in [0.05, 0.1) is 25.5 Å². The lowest BCUT2D eigenvalue weighted by Gasteiger charge is -2.09. The molecule has 0 spiro atoms. The van der Waals surface area contributed by atoms with E-state index >= 15 is 0 Å². The van der Waals surface area contributed by atoms with Crippen LogP contribution in [0.5, 0.6) is 11.5 Å². The normalized spacial score (nSPS) is 10.3. The molecule has 0 saturated carbocycles. The summed E-state index contributed by atoms with van der Waals surface area (Å²) < 4.78 is 17.1. The molecule has 0 aliphatic rings. The van der Waals surface area contributed by atoms with Crippen LogP contribution < -0.4 is 9.47 Å². The zero-order valence-corrected chi connectivity index (χ0v) is 14.9. The number of methoxy groups -OCH3 is 2. The SMILES string of the molecule is COc1ccc(C(=O)COC(=O)c2ccc(-n3cccn3)cc2)cc1OC. The monoisotopic (exact) mass is 366 g/mol. The van der Waals surface area contributed by atoms with Crippen LogP contribution in [0.15, 0.2) is 60.9 Å². The molecule has 0 aliphatic carbocycles. The summed E-state index contributed by atoms with van der Waals surface area (Å²) in [5.74, 6) is 0.0421. The van der Waals surface area contributed by atoms with Gasteiger partial charge in [-0.1, -0.05) is 0 Å². The van der Waals surface area contributed by atoms with Crippen LogP contribution in [0.1, 0.15) is 20.7 Å². The van der Waals surface area contributed by atoms with Crippen molar-refractivity contribution >= 4 is 11.8 Å². The van der Waals surface area contributed by atoms with E-state index in [4.69, 9.17) is 14.2 Å². The second-order valence-electron chi connectivity index (χ2n) is 5.57. The average Bonchev–Trinajstić information content (AvgIpc) is 3.26. The van der Waals surface area contributed by atoms with Crippen molar-refractivity contribution in [2.75, 3.05) is 20.8 Å². The van der Waals surface area contributed by atoms with E-state index in [1.807, 2.05) is 6.07 Å². The van der Waals surface area contributed by atoms with Crippen LogP contribution in [0.4, 0.5) is 0 Å². The van der Waals surface area contributed by atoms with Gasteiger partial charge in [-0.15, -0.1) is 0 Å². The van der Waals surface area contributed by atoms with E-state index in [1.54, 1.807) is 59.5 Å². The van der Waals surface area contributed by atoms with Crippen LogP contribution in [-0.2, 0) is 4.74 Å². The molecule has 3 aromatic rings. The highest BCUT2D eigenvalue weighted by atomic mass is 16.5. The Morgan fingerprint density at radius 3 is 2.30 bits per heavy atom. The predicted octanol–water partition coefficient (Wildman–Crippen LogP) is 2.93. The minimum atomic E-state index is -0.573. The number of rotatable bonds is 7. The average molecular weight is 366 g/mol. The maximum Gasteiger partial charge on any atom is 0.338 e. The van der Waals surface area contributed by atoms with Gasteiger partial charge in [-0.05, 0) is 48.5 Å². The fourth-order valence-electron chi connectivity index (χ4n) is 2.48. The van der Waals surface area contributed by atoms with Gasteiger partial charge in [0, 0.05) is 18.0 Å². The number of ether oxygens (including phenoxy) is 3. The summed E-state index contributed by atoms with van der Waals surface area (Å²) in [6, 6.07) is 13.3. The first-order chi connectivity index (χ1) is 13.1. The molecule has 0 amide bonds. The Balaban J connectivity index is 1.62. The maximum atomic E-state index is 12.3. The molecule has 7 heteroatoms. The summed E-state index contributed by atoms with van der Waals surface area (Å²) in [5.41, 5.74) is 1.54. The van der Waals surface area contributed by atoms with Crippen molar-refractivity contribution in [3.8, 4) is 17.2 Å². The third-order valence-corrected chi connectivity index (χ3v) is 3.91. The molecule has 0 unspecified atom stereocenters. The first kappa shape index (κ1) is 18.2. The summed E-state index contributed by atoms with van der Waals surface area (Å²) in [4.78, 5) is 24.4. The van der Waals surface area contributed by atoms with Crippen molar-refractivity contribution in [2.45, 2.75) is 0 Å². The van der Waals surface area contributed by atoms with E-state index in [-0.39, 0.29) is 12.4 Å². The van der Waals surface area contributed by atoms with Gasteiger partial charge in [0.2, 0.25) is 0 Å². The first-order valence-corrected chi connectivity index (χ1v) is 8.15. The zero-order valence-electron chi connectivity index (χ0n) is 14.9. The molecule has 0 fully saturated rings. The van der Waals surface area contributed by atoms with Gasteiger partial charge >= 0.3 is 5.97 Å². The number of carbonyl (C=O) groups is 2. The quantitative estimate of drug-likeness (QED) is 0.472. The molecule has 2 aromatic carbocycles. The maximum absolute atomic E-state index is 12.3. The molecular formula is C20H18N2O5. The lowest BCUT2D eigenvalue weighted by atomic mass is 10.1. The molecule has 7 nitrogen and oxygen atoms in total. The van der Waals surface area contributed by atoms with Crippen LogP contribution in [0.2, 0.25) is 0 Å². The van der Waals surface area contributed by atoms with Crippen molar-refractivity contribution in [1.29, 1.82) is 0 Å². The summed E-state index contributed by atoms with van der Waals surface area (Å²) in [7, 11) is 3.00. The molecule has 1 aromatic heterocycles. The van der Waals surface area contributed by atoms with Crippen molar-refractivity contribution in [1.82, 2.24) is 9.78 Å². The summed E-state index contributed by atoms with van der Waals surface area (Å²) in [6.45, 7) is -0.366. The molecule has 1 heterocycles. The molecule has 138 valence electrons. The standard InChI is InChI=1S/C20H18N2O5/c1-25-18-9-6-15(12-19(18)26-2)17(23)13-27-20(24)14-4-7-16(8-5-14)22-11-3-10-21-22/h3-12H,13H2,1-2H3. The van der Waals surface area contributed by atoms with Gasteiger partial charge in [0.1, 0.15) is 0 Å². The molecule has 0 radical (unpaired) electrons. The van der Waals surface area contributed by atoms with Crippen molar-refractivity contribution in [2.24, 2.45) is 0 Å². The molecule has 0 bridgehead atoms. The molecule has 0 atom stereocenters. The number of benzene rings is 2. The second-order valence-corrected chi connectivity index (χ2v) is 5.57. The fraction of sp³-hybridized carbons (Fsp3) is 0.150. The first-order valence-electron chi connectivity index (χ1n) is 8.15. The molecule has 27 heavy (non-hydrogen) atoms. The summed E-state index contributed by atoms with van der Waals surface area (Å²) in [6.07, 6.45) is 3.47. The number of hydrogen-bond donors (Lipinski definition) is 0. The highest BCUT2D eigenvalue weighted by Crippen LogP contribution is 2.27. The fourth-order valence-corrected chi connectivity index (χ4v) is 2.48. The minimum absolute atomic E-state index is 0.336. The summed E-state index contributed by atoms with van der Waals surface area (Å²) in [5, 5.41) is 4.12. The minimum Gasteiger partial charge on any atom is -0.493 e. The lowest BCUT2D eigenvalue weighted by molar-refractivity contribution is 0.0474. The van der Waals surface area contributed by atoms with Crippen LogP contribution in [0, 0.1) is 0 Å². The van der Waals surface area contributed by atoms with Crippen molar-refractivity contribution in [3.63, 3.8) is 0 Å². The molecule has 0 aliphatic heterocycles. The molecule has 0 N–H and O–H groups in total. The van der Waals surface area contributed by atoms with Gasteiger partial charge in [-0.3, -0.25) is 4.79 Å². The molecular weight excluding hydrogens is 348 g/mol. The van der Waals surface area contributed by atoms with Crippen LogP contribution >= 0.6 is 0 Å². The smallest absolute Gasteiger partial charge is 0.338 e. The van der Waals surface area contributed by atoms with Gasteiger partial charge in [-0.25, -0.2) is 9.48 Å². The second kappa shape index (κ2) is 8.18. The highest BCUT2D eigenvalue weighted by Gasteiger charge is 2.14. The Labute approximate surface area is 156 Å². The van der Waals surface area contributed by atoms with Gasteiger partial charge in [0.25, 0.3) is 0 Å². The van der Waals surface area contributed by atoms with E-state index in [0.29, 0.717) is 22.6 Å². The van der Waals surface area contributed by atoms with Gasteiger partial charge in [0.15, 0.2) is 23.9 Å². The van der Waals surface area contributed by atoms with Gasteiger partial charge < -0.3 is 14.2 Å². The van der Waals surface area contributed by atoms with E-state index < -0.39 is 5.97 Å². The zero-order chi connectivity index (χ0) is 19.2. The third kappa shape index (κ3) is 4.14. The number of hydrogen-bond acceptors (Lipinski definition) is 6. The van der Waals surface area contributed by atoms with Crippen molar-refractivity contribution < 1.29 is 23.8 Å². The number of ketones is 1. The predicted molar refractivity (Wildman–Crippen MR) is 97.7 cm³/mol. The Kier molecular flexibility index (Phi) is 5.51. The number of aromatic nitrogens is 2. The molecule has 0 saturated heterocycles. The van der Waals surface area contributed by atoms with E-state index in [2.05, 4.69) is 5.10 Å². The van der Waals surface area contributed by atoms with Crippen LogP contribution in [-0.4, -0.2) is 42.4 Å². The number of esters is 1. The lowest BCUT2D eigenvalue weighted by Crippen LogP contribution is -2.14. The number of nitrogens with zero attached hydrogens (tertiary/aromatic N) is 2. The molecule has 3 rings (SSSR count). The van der Waals surface area contributed by atoms with Crippen molar-refractivity contribution in [3.05, 3.63) is 72.1 Å². The Morgan fingerprint density at radius 2 is 1.67 bits per heavy atom. The number of carbonyl (C=O) groups excluding carboxylic acids is 2. The van der Waals surface area contributed by atoms with E-state index in [1.165, 1.54) is 14.2 Å². The van der Waals surface area contributed by atoms with Gasteiger partial charge in [-0.2, -0.15) is 5.10 Å². The van der Waals surface area contributed by atoms with Crippen LogP contribution in [0.25, 0.3) is 5.69 Å². The number of Topliss-reactive ketones (excluding diaryl/α,β-unsaturated/α-hetero) is 1. The topological polar surface area (TPSA) is 79.7 Å². The largest absolute Gasteiger partial charge is 0.493 e. The Morgan fingerprint density at radius 1 is 0.963 bits per heavy atom. The van der Waals surface area contributed by atoms with E-state index in [9.17, 15) is 9.59 Å².